The molecule has 0 spiro atoms. The van der Waals surface area contributed by atoms with Gasteiger partial charge in [0.2, 0.25) is 0 Å². The molecule has 1 aliphatic rings. The zero-order valence-electron chi connectivity index (χ0n) is 13.4. The molecular formula is C16H28N4. The first-order valence-electron chi connectivity index (χ1n) is 7.98. The summed E-state index contributed by atoms with van der Waals surface area (Å²) in [6, 6.07) is 2.16. The Morgan fingerprint density at radius 2 is 2.00 bits per heavy atom. The van der Waals surface area contributed by atoms with Crippen LogP contribution in [0.25, 0.3) is 0 Å². The van der Waals surface area contributed by atoms with Crippen molar-refractivity contribution in [3.05, 3.63) is 17.6 Å². The molecular weight excluding hydrogens is 248 g/mol. The van der Waals surface area contributed by atoms with Crippen molar-refractivity contribution in [1.29, 1.82) is 0 Å². The maximum atomic E-state index is 4.62. The molecule has 2 heterocycles. The third-order valence-corrected chi connectivity index (χ3v) is 4.26. The maximum absolute atomic E-state index is 4.62. The van der Waals surface area contributed by atoms with Crippen molar-refractivity contribution in [1.82, 2.24) is 14.9 Å². The first-order valence-corrected chi connectivity index (χ1v) is 7.98. The minimum Gasteiger partial charge on any atom is -0.356 e. The fourth-order valence-corrected chi connectivity index (χ4v) is 2.99. The highest BCUT2D eigenvalue weighted by atomic mass is 15.2. The Bertz CT molecular complexity index is 428. The topological polar surface area (TPSA) is 32.3 Å². The Hall–Kier alpha value is -1.16. The van der Waals surface area contributed by atoms with E-state index in [1.807, 2.05) is 6.92 Å². The molecule has 1 saturated heterocycles. The Balaban J connectivity index is 2.00. The summed E-state index contributed by atoms with van der Waals surface area (Å²) in [5, 5.41) is 0. The van der Waals surface area contributed by atoms with Gasteiger partial charge in [-0.3, -0.25) is 0 Å². The van der Waals surface area contributed by atoms with Gasteiger partial charge in [0, 0.05) is 31.4 Å². The van der Waals surface area contributed by atoms with Gasteiger partial charge in [0.15, 0.2) is 0 Å². The van der Waals surface area contributed by atoms with E-state index in [4.69, 9.17) is 0 Å². The summed E-state index contributed by atoms with van der Waals surface area (Å²) < 4.78 is 0. The Kier molecular flexibility index (Phi) is 5.35. The van der Waals surface area contributed by atoms with E-state index in [2.05, 4.69) is 46.6 Å². The molecule has 2 rings (SSSR count). The second-order valence-electron chi connectivity index (χ2n) is 5.70. The Morgan fingerprint density at radius 1 is 1.25 bits per heavy atom. The van der Waals surface area contributed by atoms with Gasteiger partial charge in [-0.15, -0.1) is 0 Å². The van der Waals surface area contributed by atoms with Crippen LogP contribution in [-0.4, -0.2) is 47.6 Å². The smallest absolute Gasteiger partial charge is 0.132 e. The van der Waals surface area contributed by atoms with Crippen LogP contribution in [0.3, 0.4) is 0 Å². The SMILES string of the molecule is CCc1cc(N2CCC(CN(CC)CC)C2)nc(C)n1. The first-order chi connectivity index (χ1) is 9.66. The normalized spacial score (nSPS) is 19.1. The molecule has 4 heteroatoms. The number of hydrogen-bond acceptors (Lipinski definition) is 4. The lowest BCUT2D eigenvalue weighted by atomic mass is 10.1. The lowest BCUT2D eigenvalue weighted by Gasteiger charge is -2.23. The van der Waals surface area contributed by atoms with Crippen molar-refractivity contribution in [2.75, 3.05) is 37.6 Å². The van der Waals surface area contributed by atoms with Gasteiger partial charge in [-0.25, -0.2) is 9.97 Å². The Labute approximate surface area is 123 Å². The van der Waals surface area contributed by atoms with E-state index in [1.54, 1.807) is 0 Å². The van der Waals surface area contributed by atoms with Crippen molar-refractivity contribution < 1.29 is 0 Å². The van der Waals surface area contributed by atoms with E-state index >= 15 is 0 Å². The zero-order valence-corrected chi connectivity index (χ0v) is 13.4. The van der Waals surface area contributed by atoms with Crippen molar-refractivity contribution in [2.24, 2.45) is 5.92 Å². The lowest BCUT2D eigenvalue weighted by Crippen LogP contribution is -2.31. The van der Waals surface area contributed by atoms with E-state index in [0.29, 0.717) is 0 Å². The molecule has 112 valence electrons. The summed E-state index contributed by atoms with van der Waals surface area (Å²) in [5.74, 6) is 2.79. The summed E-state index contributed by atoms with van der Waals surface area (Å²) in [4.78, 5) is 14.0. The molecule has 1 unspecified atom stereocenters. The van der Waals surface area contributed by atoms with Gasteiger partial charge in [0.25, 0.3) is 0 Å². The molecule has 1 fully saturated rings. The molecule has 20 heavy (non-hydrogen) atoms. The second kappa shape index (κ2) is 7.02. The fraction of sp³-hybridized carbons (Fsp3) is 0.750. The molecule has 1 aromatic rings. The molecule has 1 aliphatic heterocycles. The molecule has 0 aromatic carbocycles. The molecule has 0 N–H and O–H groups in total. The van der Waals surface area contributed by atoms with E-state index < -0.39 is 0 Å². The minimum absolute atomic E-state index is 0.773. The van der Waals surface area contributed by atoms with Gasteiger partial charge in [-0.1, -0.05) is 20.8 Å². The molecule has 0 bridgehead atoms. The standard InChI is InChI=1S/C16H28N4/c1-5-15-10-16(18-13(4)17-15)20-9-8-14(12-20)11-19(6-2)7-3/h10,14H,5-9,11-12H2,1-4H3. The van der Waals surface area contributed by atoms with Crippen LogP contribution >= 0.6 is 0 Å². The fourth-order valence-electron chi connectivity index (χ4n) is 2.99. The van der Waals surface area contributed by atoms with Crippen LogP contribution in [-0.2, 0) is 6.42 Å². The average Bonchev–Trinajstić information content (AvgIpc) is 2.92. The lowest BCUT2D eigenvalue weighted by molar-refractivity contribution is 0.261. The first kappa shape index (κ1) is 15.2. The number of aryl methyl sites for hydroxylation is 2. The summed E-state index contributed by atoms with van der Waals surface area (Å²) in [5.41, 5.74) is 1.15. The highest BCUT2D eigenvalue weighted by molar-refractivity contribution is 5.41. The molecule has 1 aromatic heterocycles. The summed E-state index contributed by atoms with van der Waals surface area (Å²) in [6.45, 7) is 14.4. The van der Waals surface area contributed by atoms with Gasteiger partial charge in [-0.05, 0) is 38.8 Å². The maximum Gasteiger partial charge on any atom is 0.132 e. The van der Waals surface area contributed by atoms with E-state index in [0.717, 1.165) is 55.9 Å². The highest BCUT2D eigenvalue weighted by Crippen LogP contribution is 2.23. The van der Waals surface area contributed by atoms with Gasteiger partial charge >= 0.3 is 0 Å². The minimum atomic E-state index is 0.773. The van der Waals surface area contributed by atoms with Gasteiger partial charge in [0.05, 0.1) is 0 Å². The molecule has 0 saturated carbocycles. The average molecular weight is 276 g/mol. The monoisotopic (exact) mass is 276 g/mol. The van der Waals surface area contributed by atoms with Crippen molar-refractivity contribution in [3.63, 3.8) is 0 Å². The van der Waals surface area contributed by atoms with Crippen LogP contribution in [0.4, 0.5) is 5.82 Å². The molecule has 0 amide bonds. The van der Waals surface area contributed by atoms with Gasteiger partial charge in [-0.2, -0.15) is 0 Å². The van der Waals surface area contributed by atoms with Crippen LogP contribution < -0.4 is 4.90 Å². The van der Waals surface area contributed by atoms with Crippen LogP contribution in [0, 0.1) is 12.8 Å². The third-order valence-electron chi connectivity index (χ3n) is 4.26. The second-order valence-corrected chi connectivity index (χ2v) is 5.70. The zero-order chi connectivity index (χ0) is 14.5. The van der Waals surface area contributed by atoms with Crippen molar-refractivity contribution in [2.45, 2.75) is 40.5 Å². The quantitative estimate of drug-likeness (QED) is 0.799. The van der Waals surface area contributed by atoms with Gasteiger partial charge < -0.3 is 9.80 Å². The van der Waals surface area contributed by atoms with Crippen LogP contribution in [0.1, 0.15) is 38.7 Å². The molecule has 4 nitrogen and oxygen atoms in total. The van der Waals surface area contributed by atoms with Crippen molar-refractivity contribution >= 4 is 5.82 Å². The van der Waals surface area contributed by atoms with E-state index in [-0.39, 0.29) is 0 Å². The van der Waals surface area contributed by atoms with Gasteiger partial charge in [0.1, 0.15) is 11.6 Å². The van der Waals surface area contributed by atoms with Crippen molar-refractivity contribution in [3.8, 4) is 0 Å². The van der Waals surface area contributed by atoms with Crippen LogP contribution in [0.5, 0.6) is 0 Å². The Morgan fingerprint density at radius 3 is 2.65 bits per heavy atom. The molecule has 0 radical (unpaired) electrons. The summed E-state index contributed by atoms with van der Waals surface area (Å²) in [7, 11) is 0. The highest BCUT2D eigenvalue weighted by Gasteiger charge is 2.25. The molecule has 0 aliphatic carbocycles. The summed E-state index contributed by atoms with van der Waals surface area (Å²) in [6.07, 6.45) is 2.26. The third kappa shape index (κ3) is 3.69. The van der Waals surface area contributed by atoms with Crippen LogP contribution in [0.2, 0.25) is 0 Å². The number of hydrogen-bond donors (Lipinski definition) is 0. The number of rotatable bonds is 6. The number of anilines is 1. The number of aromatic nitrogens is 2. The van der Waals surface area contributed by atoms with E-state index in [1.165, 1.54) is 13.0 Å². The van der Waals surface area contributed by atoms with E-state index in [9.17, 15) is 0 Å². The largest absolute Gasteiger partial charge is 0.356 e. The predicted octanol–water partition coefficient (Wildman–Crippen LogP) is 2.52. The summed E-state index contributed by atoms with van der Waals surface area (Å²) >= 11 is 0. The molecule has 1 atom stereocenters. The predicted molar refractivity (Wildman–Crippen MR) is 84.3 cm³/mol. The number of nitrogens with zero attached hydrogens (tertiary/aromatic N) is 4. The van der Waals surface area contributed by atoms with Crippen LogP contribution in [0.15, 0.2) is 6.07 Å².